The van der Waals surface area contributed by atoms with E-state index in [1.165, 1.54) is 18.4 Å². The molecular formula is C12H20O. The molecule has 0 aliphatic heterocycles. The Morgan fingerprint density at radius 1 is 1.62 bits per heavy atom. The second kappa shape index (κ2) is 4.59. The first-order chi connectivity index (χ1) is 6.19. The van der Waals surface area contributed by atoms with E-state index in [1.54, 1.807) is 0 Å². The lowest BCUT2D eigenvalue weighted by atomic mass is 9.73. The van der Waals surface area contributed by atoms with E-state index in [-0.39, 0.29) is 5.92 Å². The third-order valence-electron chi connectivity index (χ3n) is 3.10. The predicted molar refractivity (Wildman–Crippen MR) is 55.5 cm³/mol. The molecule has 1 nitrogen and oxygen atoms in total. The van der Waals surface area contributed by atoms with Crippen molar-refractivity contribution in [2.45, 2.75) is 40.0 Å². The van der Waals surface area contributed by atoms with E-state index >= 15 is 0 Å². The van der Waals surface area contributed by atoms with Crippen LogP contribution in [0.5, 0.6) is 0 Å². The first-order valence-corrected chi connectivity index (χ1v) is 5.31. The highest BCUT2D eigenvalue weighted by Gasteiger charge is 2.28. The molecule has 0 N–H and O–H groups in total. The van der Waals surface area contributed by atoms with Gasteiger partial charge in [-0.3, -0.25) is 0 Å². The normalized spacial score (nSPS) is 34.1. The van der Waals surface area contributed by atoms with Crippen molar-refractivity contribution in [2.75, 3.05) is 0 Å². The monoisotopic (exact) mass is 180 g/mol. The molecule has 0 aromatic heterocycles. The molecule has 0 heterocycles. The van der Waals surface area contributed by atoms with Crippen LogP contribution in [0.1, 0.15) is 40.0 Å². The molecule has 0 aromatic carbocycles. The van der Waals surface area contributed by atoms with E-state index in [4.69, 9.17) is 0 Å². The summed E-state index contributed by atoms with van der Waals surface area (Å²) >= 11 is 0. The summed E-state index contributed by atoms with van der Waals surface area (Å²) in [6.07, 6.45) is 6.93. The smallest absolute Gasteiger partial charge is 0.123 e. The van der Waals surface area contributed by atoms with Crippen LogP contribution in [0.25, 0.3) is 0 Å². The minimum atomic E-state index is 0.267. The molecule has 0 bridgehead atoms. The zero-order valence-corrected chi connectivity index (χ0v) is 8.92. The van der Waals surface area contributed by atoms with Crippen molar-refractivity contribution in [2.24, 2.45) is 17.8 Å². The maximum Gasteiger partial charge on any atom is 0.123 e. The summed E-state index contributed by atoms with van der Waals surface area (Å²) in [5.74, 6) is 1.31. The van der Waals surface area contributed by atoms with Gasteiger partial charge in [0.1, 0.15) is 6.29 Å². The summed E-state index contributed by atoms with van der Waals surface area (Å²) in [4.78, 5) is 10.9. The molecule has 0 radical (unpaired) electrons. The van der Waals surface area contributed by atoms with Crippen molar-refractivity contribution in [3.05, 3.63) is 11.6 Å². The Kier molecular flexibility index (Phi) is 3.71. The fourth-order valence-electron chi connectivity index (χ4n) is 2.51. The highest BCUT2D eigenvalue weighted by molar-refractivity contribution is 5.56. The van der Waals surface area contributed by atoms with Crippen LogP contribution in [-0.2, 0) is 4.79 Å². The van der Waals surface area contributed by atoms with Crippen LogP contribution in [0.4, 0.5) is 0 Å². The molecule has 1 heteroatoms. The van der Waals surface area contributed by atoms with Gasteiger partial charge in [-0.1, -0.05) is 31.9 Å². The first kappa shape index (κ1) is 10.5. The fraction of sp³-hybridized carbons (Fsp3) is 0.750. The van der Waals surface area contributed by atoms with Gasteiger partial charge in [0.15, 0.2) is 0 Å². The number of hydrogen-bond acceptors (Lipinski definition) is 1. The molecule has 1 aliphatic carbocycles. The van der Waals surface area contributed by atoms with Crippen molar-refractivity contribution >= 4 is 6.29 Å². The third kappa shape index (κ3) is 2.43. The molecule has 13 heavy (non-hydrogen) atoms. The average Bonchev–Trinajstić information content (AvgIpc) is 2.04. The zero-order valence-electron chi connectivity index (χ0n) is 8.92. The highest BCUT2D eigenvalue weighted by Crippen LogP contribution is 2.34. The van der Waals surface area contributed by atoms with Crippen molar-refractivity contribution in [1.29, 1.82) is 0 Å². The number of carbonyl (C=O) groups excluding carboxylic acids is 1. The van der Waals surface area contributed by atoms with Gasteiger partial charge in [0.2, 0.25) is 0 Å². The SMILES string of the molecule is CCC[C@H]1CC(C)=C[C@H](C)[C@H]1C=O. The first-order valence-electron chi connectivity index (χ1n) is 5.31. The van der Waals surface area contributed by atoms with Gasteiger partial charge in [0.05, 0.1) is 0 Å². The summed E-state index contributed by atoms with van der Waals surface area (Å²) in [7, 11) is 0. The van der Waals surface area contributed by atoms with Gasteiger partial charge in [-0.15, -0.1) is 0 Å². The molecule has 0 spiro atoms. The Morgan fingerprint density at radius 2 is 2.31 bits per heavy atom. The summed E-state index contributed by atoms with van der Waals surface area (Å²) < 4.78 is 0. The Balaban J connectivity index is 2.72. The van der Waals surface area contributed by atoms with Gasteiger partial charge in [0.25, 0.3) is 0 Å². The van der Waals surface area contributed by atoms with Crippen molar-refractivity contribution in [3.63, 3.8) is 0 Å². The molecule has 0 amide bonds. The molecule has 1 aliphatic rings. The largest absolute Gasteiger partial charge is 0.303 e. The van der Waals surface area contributed by atoms with Crippen molar-refractivity contribution in [1.82, 2.24) is 0 Å². The van der Waals surface area contributed by atoms with E-state index in [0.717, 1.165) is 12.7 Å². The number of allylic oxidation sites excluding steroid dienone is 2. The van der Waals surface area contributed by atoms with Gasteiger partial charge >= 0.3 is 0 Å². The number of aldehydes is 1. The van der Waals surface area contributed by atoms with E-state index in [0.29, 0.717) is 11.8 Å². The molecule has 74 valence electrons. The maximum atomic E-state index is 10.9. The average molecular weight is 180 g/mol. The summed E-state index contributed by atoms with van der Waals surface area (Å²) in [6.45, 7) is 6.53. The van der Waals surface area contributed by atoms with Gasteiger partial charge in [-0.05, 0) is 31.6 Å². The minimum absolute atomic E-state index is 0.267. The minimum Gasteiger partial charge on any atom is -0.303 e. The van der Waals surface area contributed by atoms with Gasteiger partial charge in [0, 0.05) is 5.92 Å². The topological polar surface area (TPSA) is 17.1 Å². The molecule has 0 saturated heterocycles. The molecule has 0 saturated carbocycles. The molecule has 0 fully saturated rings. The van der Waals surface area contributed by atoms with Crippen LogP contribution in [0.3, 0.4) is 0 Å². The van der Waals surface area contributed by atoms with E-state index < -0.39 is 0 Å². The van der Waals surface area contributed by atoms with Crippen LogP contribution < -0.4 is 0 Å². The molecule has 3 atom stereocenters. The second-order valence-electron chi connectivity index (χ2n) is 4.34. The highest BCUT2D eigenvalue weighted by atomic mass is 16.1. The quantitative estimate of drug-likeness (QED) is 0.481. The Bertz CT molecular complexity index is 205. The van der Waals surface area contributed by atoms with Crippen molar-refractivity contribution in [3.8, 4) is 0 Å². The lowest BCUT2D eigenvalue weighted by molar-refractivity contribution is -0.113. The molecule has 0 aromatic rings. The van der Waals surface area contributed by atoms with Crippen molar-refractivity contribution < 1.29 is 4.79 Å². The lowest BCUT2D eigenvalue weighted by Crippen LogP contribution is -2.26. The fourth-order valence-corrected chi connectivity index (χ4v) is 2.51. The van der Waals surface area contributed by atoms with Gasteiger partial charge in [-0.25, -0.2) is 0 Å². The number of rotatable bonds is 3. The Morgan fingerprint density at radius 3 is 2.85 bits per heavy atom. The van der Waals surface area contributed by atoms with Crippen LogP contribution in [-0.4, -0.2) is 6.29 Å². The van der Waals surface area contributed by atoms with Crippen LogP contribution >= 0.6 is 0 Å². The van der Waals surface area contributed by atoms with Crippen LogP contribution in [0.2, 0.25) is 0 Å². The van der Waals surface area contributed by atoms with Gasteiger partial charge < -0.3 is 4.79 Å². The van der Waals surface area contributed by atoms with E-state index in [9.17, 15) is 4.79 Å². The van der Waals surface area contributed by atoms with Gasteiger partial charge in [-0.2, -0.15) is 0 Å². The Hall–Kier alpha value is -0.590. The summed E-state index contributed by atoms with van der Waals surface area (Å²) in [6, 6.07) is 0. The predicted octanol–water partition coefficient (Wildman–Crippen LogP) is 3.20. The number of carbonyl (C=O) groups is 1. The van der Waals surface area contributed by atoms with E-state index in [1.807, 2.05) is 0 Å². The molecule has 1 rings (SSSR count). The number of hydrogen-bond donors (Lipinski definition) is 0. The summed E-state index contributed by atoms with van der Waals surface area (Å²) in [5, 5.41) is 0. The van der Waals surface area contributed by atoms with Crippen LogP contribution in [0.15, 0.2) is 11.6 Å². The zero-order chi connectivity index (χ0) is 9.84. The second-order valence-corrected chi connectivity index (χ2v) is 4.34. The third-order valence-corrected chi connectivity index (χ3v) is 3.10. The summed E-state index contributed by atoms with van der Waals surface area (Å²) in [5.41, 5.74) is 1.46. The van der Waals surface area contributed by atoms with E-state index in [2.05, 4.69) is 26.8 Å². The maximum absolute atomic E-state index is 10.9. The molecule has 0 unspecified atom stereocenters. The standard InChI is InChI=1S/C12H20O/c1-4-5-11-7-9(2)6-10(3)12(11)8-13/h6,8,10-12H,4-5,7H2,1-3H3/t10-,11-,12+/m0/s1. The molecular weight excluding hydrogens is 160 g/mol. The Labute approximate surface area is 81.2 Å². The lowest BCUT2D eigenvalue weighted by Gasteiger charge is -2.31. The van der Waals surface area contributed by atoms with Crippen LogP contribution in [0, 0.1) is 17.8 Å².